The summed E-state index contributed by atoms with van der Waals surface area (Å²) in [6, 6.07) is 0. The van der Waals surface area contributed by atoms with Gasteiger partial charge in [0.25, 0.3) is 0 Å². The molecule has 3 fully saturated rings. The largest absolute Gasteiger partial charge is 0.467 e. The van der Waals surface area contributed by atoms with Gasteiger partial charge in [-0.25, -0.2) is 19.1 Å². The fraction of sp³-hybridized carbons (Fsp3) is 0.848. The number of ether oxygens (including phenoxy) is 3. The number of carbonyl (C=O) groups excluding carboxylic acids is 3. The molecule has 6 unspecified atom stereocenters. The maximum absolute atomic E-state index is 12.7. The number of fused-ring (bicyclic) bond motifs is 5. The van der Waals surface area contributed by atoms with E-state index < -0.39 is 38.4 Å². The minimum absolute atomic E-state index is 0. The van der Waals surface area contributed by atoms with E-state index in [9.17, 15) is 23.7 Å². The molecule has 7 atom stereocenters. The highest BCUT2D eigenvalue weighted by Gasteiger charge is 2.70. The number of hydrogen-bond acceptors (Lipinski definition) is 10. The van der Waals surface area contributed by atoms with Crippen LogP contribution in [0.2, 0.25) is 0 Å². The number of esters is 1. The summed E-state index contributed by atoms with van der Waals surface area (Å²) in [4.78, 5) is 37.4. The Morgan fingerprint density at radius 1 is 1.00 bits per heavy atom. The van der Waals surface area contributed by atoms with Gasteiger partial charge in [0.05, 0.1) is 13.2 Å². The van der Waals surface area contributed by atoms with E-state index in [1.807, 2.05) is 6.08 Å². The van der Waals surface area contributed by atoms with E-state index in [4.69, 9.17) is 24.8 Å². The topological polar surface area (TPSA) is 215 Å². The highest BCUT2D eigenvalue weighted by molar-refractivity contribution is 8.09. The molecular weight excluding hydrogens is 775 g/mol. The maximum atomic E-state index is 12.7. The van der Waals surface area contributed by atoms with Gasteiger partial charge >= 0.3 is 12.1 Å². The molecule has 0 spiro atoms. The van der Waals surface area contributed by atoms with Gasteiger partial charge in [0.15, 0.2) is 11.4 Å². The van der Waals surface area contributed by atoms with Crippen molar-refractivity contribution in [2.45, 2.75) is 127 Å². The molecule has 0 radical (unpaired) electrons. The molecule has 1 amide bonds. The molecule has 0 heterocycles. The Hall–Kier alpha value is -0.990. The van der Waals surface area contributed by atoms with Crippen molar-refractivity contribution in [2.75, 3.05) is 26.7 Å². The summed E-state index contributed by atoms with van der Waals surface area (Å²) in [5.74, 6) is 0.721. The number of rotatable bonds is 3. The summed E-state index contributed by atoms with van der Waals surface area (Å²) in [5, 5.41) is 21.7. The summed E-state index contributed by atoms with van der Waals surface area (Å²) in [6.45, 7) is 9.43. The number of carbonyl (C=O) groups is 3. The molecule has 52 heavy (non-hydrogen) atoms. The van der Waals surface area contributed by atoms with Gasteiger partial charge in [0.2, 0.25) is 0 Å². The lowest BCUT2D eigenvalue weighted by atomic mass is 9.45. The predicted molar refractivity (Wildman–Crippen MR) is 230 cm³/mol. The summed E-state index contributed by atoms with van der Waals surface area (Å²) >= 11 is 0. The van der Waals surface area contributed by atoms with Crippen molar-refractivity contribution >= 4 is 81.5 Å². The van der Waals surface area contributed by atoms with E-state index in [1.165, 1.54) is 12.7 Å². The number of allylic oxidation sites excluding steroid dienone is 1. The molecule has 0 aromatic heterocycles. The van der Waals surface area contributed by atoms with Crippen LogP contribution in [0.25, 0.3) is 10.4 Å². The van der Waals surface area contributed by atoms with E-state index >= 15 is 0 Å². The third kappa shape index (κ3) is 14.9. The Morgan fingerprint density at radius 3 is 1.90 bits per heavy atom. The second-order valence-corrected chi connectivity index (χ2v) is 17.5. The molecule has 4 rings (SSSR count). The number of ketones is 1. The smallest absolute Gasteiger partial charge is 0.397 e. The molecule has 3 saturated carbocycles. The molecule has 14 nitrogen and oxygen atoms in total. The molecule has 0 aromatic rings. The van der Waals surface area contributed by atoms with Gasteiger partial charge in [-0.3, -0.25) is 4.79 Å². The standard InChI is InChI=1S/C22H32O5.C5H9N3O2.C2H8O4S.4CH4.4H2S/c1-20-9-7-14(23)11-13(20)5-6-15-16-8-10-22(27-4,19(25)26-3)21(16,2)12-17(24)18(15)20;1-5(2,3)10-4(9)7-8-6;1-7(2,4,5)6-3;;;;;;;;/h11,15-18,24H,5-10,12H2,1-4H3;1-3H3;3H,1-2H3,(H,4,5);4*1H4;4*1H2/t15?,16?,17?,18?,20?,21?,22-;;;;;;;;;;/m1........../s1. The van der Waals surface area contributed by atoms with Crippen LogP contribution in [0.1, 0.15) is 109 Å². The number of hydrogen-bond donors (Lipinski definition) is 3. The van der Waals surface area contributed by atoms with Crippen LogP contribution in [0.4, 0.5) is 4.79 Å². The second-order valence-electron chi connectivity index (χ2n) is 14.0. The normalized spacial score (nSPS) is 29.7. The minimum Gasteiger partial charge on any atom is -0.467 e. The zero-order chi connectivity index (χ0) is 34.0. The molecule has 316 valence electrons. The number of azide groups is 1. The molecule has 0 aromatic carbocycles. The Morgan fingerprint density at radius 2 is 1.50 bits per heavy atom. The van der Waals surface area contributed by atoms with Crippen molar-refractivity contribution in [1.29, 1.82) is 0 Å². The van der Waals surface area contributed by atoms with Crippen molar-refractivity contribution < 1.29 is 52.1 Å². The fourth-order valence-corrected chi connectivity index (χ4v) is 7.91. The summed E-state index contributed by atoms with van der Waals surface area (Å²) in [6.07, 6.45) is 7.64. The molecule has 0 saturated heterocycles. The SMILES string of the molecule is C.C.C.C.CC(C)(C)OC(=O)N=[N+]=[N-].COC(=O)[C@]1(OC)CCC2C3CCC4=CC(=O)CCC4(C)C3C(O)CC21C.CS(C)(=O)(O)OO.S.S.S.S. The quantitative estimate of drug-likeness (QED) is 0.0614. The molecule has 19 heteroatoms. The average Bonchev–Trinajstić information content (AvgIpc) is 3.20. The molecule has 4 aliphatic rings. The van der Waals surface area contributed by atoms with E-state index in [0.717, 1.165) is 38.2 Å². The number of aliphatic hydroxyl groups is 1. The first kappa shape index (κ1) is 65.9. The van der Waals surface area contributed by atoms with E-state index in [1.54, 1.807) is 27.9 Å². The van der Waals surface area contributed by atoms with Crippen LogP contribution in [-0.4, -0.2) is 81.0 Å². The minimum atomic E-state index is -4.06. The van der Waals surface area contributed by atoms with Crippen molar-refractivity contribution in [2.24, 2.45) is 33.7 Å². The Kier molecular flexibility index (Phi) is 30.2. The van der Waals surface area contributed by atoms with Gasteiger partial charge in [-0.05, 0) is 94.1 Å². The van der Waals surface area contributed by atoms with Crippen LogP contribution < -0.4 is 0 Å². The van der Waals surface area contributed by atoms with Crippen LogP contribution in [0.15, 0.2) is 16.8 Å². The van der Waals surface area contributed by atoms with Crippen LogP contribution in [0.5, 0.6) is 0 Å². The highest BCUT2D eigenvalue weighted by atomic mass is 32.3. The number of aliphatic hydroxyl groups excluding tert-OH is 1. The zero-order valence-electron chi connectivity index (χ0n) is 29.2. The third-order valence-corrected chi connectivity index (χ3v) is 10.0. The summed E-state index contributed by atoms with van der Waals surface area (Å²) in [5.41, 5.74) is 6.91. The first-order chi connectivity index (χ1) is 20.0. The van der Waals surface area contributed by atoms with Crippen LogP contribution >= 0.6 is 54.0 Å². The molecular formula is C33H73N3O11S5. The van der Waals surface area contributed by atoms with Crippen LogP contribution in [0, 0.1) is 28.6 Å². The van der Waals surface area contributed by atoms with Gasteiger partial charge in [-0.15, -0.1) is 4.33 Å². The maximum Gasteiger partial charge on any atom is 0.397 e. The monoisotopic (exact) mass is 847 g/mol. The first-order valence-corrected chi connectivity index (χ1v) is 17.2. The van der Waals surface area contributed by atoms with Gasteiger partial charge in [-0.2, -0.15) is 54.0 Å². The average molecular weight is 848 g/mol. The second kappa shape index (κ2) is 23.8. The predicted octanol–water partition coefficient (Wildman–Crippen LogP) is 8.22. The zero-order valence-corrected chi connectivity index (χ0v) is 34.0. The molecule has 0 aliphatic heterocycles. The number of methoxy groups -OCH3 is 2. The Balaban J connectivity index is -0.000000139. The lowest BCUT2D eigenvalue weighted by molar-refractivity contribution is -0.204. The van der Waals surface area contributed by atoms with Gasteiger partial charge in [-0.1, -0.05) is 49.1 Å². The molecule has 0 bridgehead atoms. The number of nitrogens with zero attached hydrogens (tertiary/aromatic N) is 3. The van der Waals surface area contributed by atoms with Crippen molar-refractivity contribution in [3.8, 4) is 0 Å². The van der Waals surface area contributed by atoms with Crippen molar-refractivity contribution in [3.05, 3.63) is 22.1 Å². The lowest BCUT2D eigenvalue weighted by Crippen LogP contribution is -2.62. The van der Waals surface area contributed by atoms with E-state index in [2.05, 4.69) is 32.9 Å². The fourth-order valence-electron chi connectivity index (χ4n) is 7.91. The van der Waals surface area contributed by atoms with Crippen LogP contribution in [0.3, 0.4) is 0 Å². The van der Waals surface area contributed by atoms with Gasteiger partial charge in [0.1, 0.15) is 15.2 Å². The summed E-state index contributed by atoms with van der Waals surface area (Å²) in [7, 11) is -1.05. The van der Waals surface area contributed by atoms with Gasteiger partial charge in [0, 0.05) is 41.5 Å². The van der Waals surface area contributed by atoms with Crippen LogP contribution in [-0.2, 0) is 37.8 Å². The van der Waals surface area contributed by atoms with Crippen molar-refractivity contribution in [1.82, 2.24) is 0 Å². The third-order valence-electron chi connectivity index (χ3n) is 9.61. The summed E-state index contributed by atoms with van der Waals surface area (Å²) < 4.78 is 37.5. The first-order valence-electron chi connectivity index (χ1n) is 14.5. The van der Waals surface area contributed by atoms with Gasteiger partial charge < -0.3 is 23.9 Å². The van der Waals surface area contributed by atoms with Crippen molar-refractivity contribution in [3.63, 3.8) is 0 Å². The number of amides is 1. The van der Waals surface area contributed by atoms with E-state index in [0.29, 0.717) is 31.1 Å². The highest BCUT2D eigenvalue weighted by Crippen LogP contribution is 2.68. The molecule has 3 N–H and O–H groups in total. The Labute approximate surface area is 341 Å². The lowest BCUT2D eigenvalue weighted by Gasteiger charge is -2.60. The Bertz CT molecular complexity index is 1280. The van der Waals surface area contributed by atoms with E-state index in [-0.39, 0.29) is 107 Å². The molecule has 4 aliphatic carbocycles.